The van der Waals surface area contributed by atoms with Crippen LogP contribution in [-0.2, 0) is 6.42 Å². The highest BCUT2D eigenvalue weighted by atomic mass is 15.2. The predicted octanol–water partition coefficient (Wildman–Crippen LogP) is 3.76. The molecule has 1 atom stereocenters. The van der Waals surface area contributed by atoms with E-state index in [1.54, 1.807) is 0 Å². The number of nitrogens with zero attached hydrogens (tertiary/aromatic N) is 1. The van der Waals surface area contributed by atoms with Crippen LogP contribution in [0.1, 0.15) is 56.7 Å². The molecule has 1 unspecified atom stereocenters. The highest BCUT2D eigenvalue weighted by Gasteiger charge is 2.22. The van der Waals surface area contributed by atoms with Gasteiger partial charge in [-0.2, -0.15) is 0 Å². The number of piperidine rings is 1. The van der Waals surface area contributed by atoms with Crippen LogP contribution in [0.25, 0.3) is 0 Å². The molecule has 0 aromatic heterocycles. The molecule has 1 aromatic carbocycles. The molecule has 1 aliphatic heterocycles. The summed E-state index contributed by atoms with van der Waals surface area (Å²) in [6.07, 6.45) is 6.25. The smallest absolute Gasteiger partial charge is 0.0319 e. The fourth-order valence-electron chi connectivity index (χ4n) is 3.33. The van der Waals surface area contributed by atoms with Gasteiger partial charge in [-0.3, -0.25) is 4.90 Å². The number of likely N-dealkylation sites (tertiary alicyclic amines) is 1. The van der Waals surface area contributed by atoms with E-state index in [2.05, 4.69) is 43.0 Å². The average Bonchev–Trinajstić information content (AvgIpc) is 2.49. The van der Waals surface area contributed by atoms with Gasteiger partial charge in [-0.1, -0.05) is 37.6 Å². The van der Waals surface area contributed by atoms with Gasteiger partial charge >= 0.3 is 0 Å². The highest BCUT2D eigenvalue weighted by Crippen LogP contribution is 2.27. The third-order valence-corrected chi connectivity index (χ3v) is 4.77. The molecule has 2 heteroatoms. The van der Waals surface area contributed by atoms with Gasteiger partial charge in [0.15, 0.2) is 0 Å². The van der Waals surface area contributed by atoms with Crippen molar-refractivity contribution in [1.29, 1.82) is 0 Å². The van der Waals surface area contributed by atoms with E-state index in [1.165, 1.54) is 56.3 Å². The molecule has 1 saturated heterocycles. The molecule has 112 valence electrons. The maximum atomic E-state index is 5.67. The monoisotopic (exact) mass is 274 g/mol. The Labute approximate surface area is 124 Å². The van der Waals surface area contributed by atoms with E-state index in [0.29, 0.717) is 6.04 Å². The van der Waals surface area contributed by atoms with Crippen molar-refractivity contribution in [3.8, 4) is 0 Å². The van der Waals surface area contributed by atoms with E-state index < -0.39 is 0 Å². The number of benzene rings is 1. The fourth-order valence-corrected chi connectivity index (χ4v) is 3.33. The predicted molar refractivity (Wildman–Crippen MR) is 86.8 cm³/mol. The Hall–Kier alpha value is -0.860. The third-order valence-electron chi connectivity index (χ3n) is 4.77. The van der Waals surface area contributed by atoms with Gasteiger partial charge in [-0.05, 0) is 69.3 Å². The maximum absolute atomic E-state index is 5.67. The summed E-state index contributed by atoms with van der Waals surface area (Å²) in [5.41, 5.74) is 8.59. The van der Waals surface area contributed by atoms with Gasteiger partial charge in [0.05, 0.1) is 0 Å². The van der Waals surface area contributed by atoms with Gasteiger partial charge in [0, 0.05) is 6.04 Å². The first-order valence-electron chi connectivity index (χ1n) is 8.27. The van der Waals surface area contributed by atoms with E-state index in [4.69, 9.17) is 5.73 Å². The van der Waals surface area contributed by atoms with E-state index in [0.717, 1.165) is 12.5 Å². The minimum Gasteiger partial charge on any atom is -0.330 e. The minimum atomic E-state index is 0.546. The zero-order valence-corrected chi connectivity index (χ0v) is 13.1. The Morgan fingerprint density at radius 1 is 1.20 bits per heavy atom. The lowest BCUT2D eigenvalue weighted by molar-refractivity contribution is 0.138. The summed E-state index contributed by atoms with van der Waals surface area (Å²) in [6.45, 7) is 7.88. The first-order chi connectivity index (χ1) is 9.74. The first-order valence-corrected chi connectivity index (χ1v) is 8.27. The first kappa shape index (κ1) is 15.5. The molecule has 2 N–H and O–H groups in total. The van der Waals surface area contributed by atoms with Crippen molar-refractivity contribution in [1.82, 2.24) is 4.90 Å². The molecule has 1 heterocycles. The summed E-state index contributed by atoms with van der Waals surface area (Å²) in [4.78, 5) is 2.63. The van der Waals surface area contributed by atoms with Crippen molar-refractivity contribution in [2.75, 3.05) is 19.6 Å². The molecule has 2 rings (SSSR count). The average molecular weight is 274 g/mol. The molecule has 0 bridgehead atoms. The van der Waals surface area contributed by atoms with Crippen LogP contribution >= 0.6 is 0 Å². The zero-order valence-electron chi connectivity index (χ0n) is 13.1. The minimum absolute atomic E-state index is 0.546. The van der Waals surface area contributed by atoms with Gasteiger partial charge in [-0.25, -0.2) is 0 Å². The second-order valence-corrected chi connectivity index (χ2v) is 6.22. The maximum Gasteiger partial charge on any atom is 0.0319 e. The topological polar surface area (TPSA) is 29.3 Å². The molecule has 0 spiro atoms. The van der Waals surface area contributed by atoms with Crippen molar-refractivity contribution in [3.63, 3.8) is 0 Å². The Balaban J connectivity index is 1.89. The van der Waals surface area contributed by atoms with Crippen LogP contribution in [0, 0.1) is 5.92 Å². The second kappa shape index (κ2) is 7.80. The summed E-state index contributed by atoms with van der Waals surface area (Å²) < 4.78 is 0. The Morgan fingerprint density at radius 2 is 1.85 bits per heavy atom. The summed E-state index contributed by atoms with van der Waals surface area (Å²) in [5.74, 6) is 0.857. The van der Waals surface area contributed by atoms with Gasteiger partial charge < -0.3 is 5.73 Å². The van der Waals surface area contributed by atoms with Crippen LogP contribution in [0.2, 0.25) is 0 Å². The molecule has 1 fully saturated rings. The van der Waals surface area contributed by atoms with Crippen molar-refractivity contribution < 1.29 is 0 Å². The van der Waals surface area contributed by atoms with Crippen LogP contribution in [0.4, 0.5) is 0 Å². The quantitative estimate of drug-likeness (QED) is 0.856. The number of hydrogen-bond donors (Lipinski definition) is 1. The van der Waals surface area contributed by atoms with Gasteiger partial charge in [-0.15, -0.1) is 0 Å². The molecule has 2 nitrogen and oxygen atoms in total. The number of hydrogen-bond acceptors (Lipinski definition) is 2. The standard InChI is InChI=1S/C18H30N2/c1-3-4-16-5-7-18(8-6-16)15(2)20-13-10-17(9-12-19)11-14-20/h5-8,15,17H,3-4,9-14,19H2,1-2H3. The normalized spacial score (nSPS) is 19.1. The Bertz CT molecular complexity index is 377. The van der Waals surface area contributed by atoms with Crippen LogP contribution in [0.15, 0.2) is 24.3 Å². The summed E-state index contributed by atoms with van der Waals surface area (Å²) >= 11 is 0. The van der Waals surface area contributed by atoms with E-state index in [1.807, 2.05) is 0 Å². The molecule has 1 aliphatic rings. The van der Waals surface area contributed by atoms with Crippen LogP contribution in [0.5, 0.6) is 0 Å². The second-order valence-electron chi connectivity index (χ2n) is 6.22. The van der Waals surface area contributed by atoms with Crippen molar-refractivity contribution >= 4 is 0 Å². The Morgan fingerprint density at radius 3 is 2.40 bits per heavy atom. The molecule has 1 aromatic rings. The van der Waals surface area contributed by atoms with Gasteiger partial charge in [0.1, 0.15) is 0 Å². The largest absolute Gasteiger partial charge is 0.330 e. The van der Waals surface area contributed by atoms with E-state index >= 15 is 0 Å². The van der Waals surface area contributed by atoms with Gasteiger partial charge in [0.25, 0.3) is 0 Å². The number of aryl methyl sites for hydroxylation is 1. The molecular formula is C18H30N2. The van der Waals surface area contributed by atoms with E-state index in [9.17, 15) is 0 Å². The van der Waals surface area contributed by atoms with Gasteiger partial charge in [0.2, 0.25) is 0 Å². The summed E-state index contributed by atoms with van der Waals surface area (Å²) in [5, 5.41) is 0. The lowest BCUT2D eigenvalue weighted by Crippen LogP contribution is -2.36. The van der Waals surface area contributed by atoms with Crippen molar-refractivity contribution in [3.05, 3.63) is 35.4 Å². The lowest BCUT2D eigenvalue weighted by atomic mass is 9.92. The third kappa shape index (κ3) is 4.07. The van der Waals surface area contributed by atoms with Crippen LogP contribution in [-0.4, -0.2) is 24.5 Å². The lowest BCUT2D eigenvalue weighted by Gasteiger charge is -2.36. The SMILES string of the molecule is CCCc1ccc(C(C)N2CCC(CCN)CC2)cc1. The van der Waals surface area contributed by atoms with Crippen LogP contribution < -0.4 is 5.73 Å². The molecular weight excluding hydrogens is 244 g/mol. The molecule has 0 aliphatic carbocycles. The van der Waals surface area contributed by atoms with Crippen molar-refractivity contribution in [2.45, 2.75) is 52.0 Å². The molecule has 20 heavy (non-hydrogen) atoms. The summed E-state index contributed by atoms with van der Waals surface area (Å²) in [7, 11) is 0. The highest BCUT2D eigenvalue weighted by molar-refractivity contribution is 5.25. The summed E-state index contributed by atoms with van der Waals surface area (Å²) in [6, 6.07) is 9.79. The number of nitrogens with two attached hydrogens (primary N) is 1. The van der Waals surface area contributed by atoms with E-state index in [-0.39, 0.29) is 0 Å². The molecule has 0 amide bonds. The molecule has 0 radical (unpaired) electrons. The van der Waals surface area contributed by atoms with Crippen molar-refractivity contribution in [2.24, 2.45) is 11.7 Å². The van der Waals surface area contributed by atoms with Crippen LogP contribution in [0.3, 0.4) is 0 Å². The zero-order chi connectivity index (χ0) is 14.4. The number of rotatable bonds is 6. The molecule has 0 saturated carbocycles. The fraction of sp³-hybridized carbons (Fsp3) is 0.667. The Kier molecular flexibility index (Phi) is 6.06.